The number of hydrogen-bond acceptors (Lipinski definition) is 3. The highest BCUT2D eigenvalue weighted by atomic mass is 32.1. The smallest absolute Gasteiger partial charge is 0.157 e. The van der Waals surface area contributed by atoms with Gasteiger partial charge in [-0.05, 0) is 108 Å². The Balaban J connectivity index is 1.10. The number of amidine groups is 1. The van der Waals surface area contributed by atoms with Crippen molar-refractivity contribution in [2.24, 2.45) is 15.9 Å². The summed E-state index contributed by atoms with van der Waals surface area (Å²) in [5.41, 5.74) is 8.02. The van der Waals surface area contributed by atoms with Crippen LogP contribution in [-0.2, 0) is 0 Å². The number of fused-ring (bicyclic) bond motifs is 15. The Morgan fingerprint density at radius 1 is 0.443 bits per heavy atom. The van der Waals surface area contributed by atoms with Gasteiger partial charge in [0.15, 0.2) is 5.84 Å². The second-order valence-corrected chi connectivity index (χ2v) is 20.1. The molecule has 2 atom stereocenters. The van der Waals surface area contributed by atoms with Gasteiger partial charge in [-0.1, -0.05) is 189 Å². The van der Waals surface area contributed by atoms with Gasteiger partial charge in [0.25, 0.3) is 0 Å². The van der Waals surface area contributed by atoms with Crippen molar-refractivity contribution in [3.8, 4) is 5.69 Å². The Bertz CT molecular complexity index is 4600. The lowest BCUT2D eigenvalue weighted by molar-refractivity contribution is 0.536. The Morgan fingerprint density at radius 2 is 1.06 bits per heavy atom. The minimum Gasteiger partial charge on any atom is -0.309 e. The zero-order valence-electron chi connectivity index (χ0n) is 38.4. The topological polar surface area (TPSA) is 29.6 Å². The summed E-state index contributed by atoms with van der Waals surface area (Å²) in [7, 11) is 0. The Hall–Kier alpha value is -8.44. The van der Waals surface area contributed by atoms with Gasteiger partial charge in [-0.15, -0.1) is 11.3 Å². The molecule has 14 aromatic rings. The number of thiophene rings is 1. The maximum Gasteiger partial charge on any atom is 0.157 e. The summed E-state index contributed by atoms with van der Waals surface area (Å²) in [6, 6.07) is 80.8. The highest BCUT2D eigenvalue weighted by Crippen LogP contribution is 2.47. The van der Waals surface area contributed by atoms with Gasteiger partial charge in [0.05, 0.1) is 22.8 Å². The first kappa shape index (κ1) is 39.5. The van der Waals surface area contributed by atoms with Crippen molar-refractivity contribution in [2.75, 3.05) is 0 Å². The molecule has 1 aliphatic heterocycles. The molecule has 0 saturated heterocycles. The van der Waals surface area contributed by atoms with E-state index in [1.165, 1.54) is 118 Å². The fraction of sp³-hybridized carbons (Fsp3) is 0.0606. The summed E-state index contributed by atoms with van der Waals surface area (Å²) in [4.78, 5) is 12.0. The summed E-state index contributed by atoms with van der Waals surface area (Å²) in [6.07, 6.45) is 0.872. The van der Waals surface area contributed by atoms with Crippen molar-refractivity contribution in [3.05, 3.63) is 235 Å². The van der Waals surface area contributed by atoms with E-state index in [1.54, 1.807) is 0 Å². The van der Waals surface area contributed by atoms with Crippen molar-refractivity contribution in [1.82, 2.24) is 4.57 Å². The molecule has 2 unspecified atom stereocenters. The van der Waals surface area contributed by atoms with Crippen LogP contribution in [0.2, 0.25) is 0 Å². The molecule has 15 rings (SSSR count). The van der Waals surface area contributed by atoms with Gasteiger partial charge in [-0.25, -0.2) is 4.99 Å². The largest absolute Gasteiger partial charge is 0.309 e. The van der Waals surface area contributed by atoms with E-state index < -0.39 is 0 Å². The number of aliphatic imine (C=N–C) groups is 2. The van der Waals surface area contributed by atoms with Crippen molar-refractivity contribution in [2.45, 2.75) is 19.4 Å². The zero-order chi connectivity index (χ0) is 46.0. The summed E-state index contributed by atoms with van der Waals surface area (Å²) in [5, 5.41) is 19.7. The van der Waals surface area contributed by atoms with Crippen LogP contribution < -0.4 is 0 Å². The standard InChI is InChI=1S/C66H43N3S/c1-2-46-62(53-29-15-22-39-16-5-9-23-47(39)53)67-66(68-63(46)56-35-44-21-8-10-24-48(44)51-27-13-14-28-52(51)56)58-38-45(37-57-61-49-25-11-6-17-40(49)31-33-60(61)70-65(57)58)69-59-36-43-20-4-3-19-42(43)34-55(59)54-32-30-41-18-7-12-26-50(41)64(54)69/h3-38,46,62H,2H2,1H3. The van der Waals surface area contributed by atoms with Crippen molar-refractivity contribution < 1.29 is 0 Å². The van der Waals surface area contributed by atoms with Crippen LogP contribution >= 0.6 is 11.3 Å². The van der Waals surface area contributed by atoms with Gasteiger partial charge in [0, 0.05) is 59.1 Å². The summed E-state index contributed by atoms with van der Waals surface area (Å²) >= 11 is 1.86. The third kappa shape index (κ3) is 5.81. The molecule has 70 heavy (non-hydrogen) atoms. The Labute approximate surface area is 407 Å². The lowest BCUT2D eigenvalue weighted by atomic mass is 9.80. The SMILES string of the molecule is CCC1C(c2cc3ccccc3c3ccccc23)=NC(c2cc(-n3c4cc5ccccc5cc4c4ccc5ccccc5c43)cc3c2sc2ccc4ccccc4c23)=NC1c1cccc2ccccc12. The molecule has 0 aliphatic carbocycles. The van der Waals surface area contributed by atoms with Crippen molar-refractivity contribution >= 4 is 129 Å². The van der Waals surface area contributed by atoms with Crippen LogP contribution in [0.25, 0.3) is 112 Å². The second kappa shape index (κ2) is 15.3. The molecule has 0 amide bonds. The number of rotatable bonds is 5. The van der Waals surface area contributed by atoms with E-state index in [0.717, 1.165) is 29.2 Å². The Kier molecular flexibility index (Phi) is 8.63. The number of hydrogen-bond donors (Lipinski definition) is 0. The molecule has 12 aromatic carbocycles. The molecule has 0 radical (unpaired) electrons. The van der Waals surface area contributed by atoms with Crippen LogP contribution in [0.3, 0.4) is 0 Å². The predicted molar refractivity (Wildman–Crippen MR) is 301 cm³/mol. The molecule has 0 fully saturated rings. The molecule has 1 aliphatic rings. The molecule has 0 saturated carbocycles. The van der Waals surface area contributed by atoms with E-state index in [-0.39, 0.29) is 12.0 Å². The minimum absolute atomic E-state index is 0.0149. The van der Waals surface area contributed by atoms with Gasteiger partial charge in [0.2, 0.25) is 0 Å². The third-order valence-electron chi connectivity index (χ3n) is 15.3. The maximum absolute atomic E-state index is 5.99. The third-order valence-corrected chi connectivity index (χ3v) is 16.5. The molecule has 3 nitrogen and oxygen atoms in total. The molecule has 0 spiro atoms. The van der Waals surface area contributed by atoms with Crippen molar-refractivity contribution in [1.29, 1.82) is 0 Å². The molecular formula is C66H43N3S. The highest BCUT2D eigenvalue weighted by Gasteiger charge is 2.35. The fourth-order valence-corrected chi connectivity index (χ4v) is 13.3. The summed E-state index contributed by atoms with van der Waals surface area (Å²) < 4.78 is 4.99. The van der Waals surface area contributed by atoms with Crippen LogP contribution in [0.4, 0.5) is 0 Å². The molecule has 3 heterocycles. The molecule has 328 valence electrons. The van der Waals surface area contributed by atoms with Crippen LogP contribution in [0.5, 0.6) is 0 Å². The predicted octanol–water partition coefficient (Wildman–Crippen LogP) is 18.1. The zero-order valence-corrected chi connectivity index (χ0v) is 39.2. The lowest BCUT2D eigenvalue weighted by Gasteiger charge is -2.31. The fourth-order valence-electron chi connectivity index (χ4n) is 12.1. The average Bonchev–Trinajstić information content (AvgIpc) is 3.97. The monoisotopic (exact) mass is 909 g/mol. The van der Waals surface area contributed by atoms with Crippen LogP contribution in [0.1, 0.15) is 36.1 Å². The van der Waals surface area contributed by atoms with Gasteiger partial charge in [0.1, 0.15) is 0 Å². The Morgan fingerprint density at radius 3 is 1.84 bits per heavy atom. The molecule has 4 heteroatoms. The van der Waals surface area contributed by atoms with E-state index >= 15 is 0 Å². The molecule has 0 bridgehead atoms. The van der Waals surface area contributed by atoms with Gasteiger partial charge < -0.3 is 4.57 Å². The molecule has 2 aromatic heterocycles. The quantitative estimate of drug-likeness (QED) is 0.154. The van der Waals surface area contributed by atoms with Crippen LogP contribution in [-0.4, -0.2) is 16.1 Å². The van der Waals surface area contributed by atoms with E-state index in [9.17, 15) is 0 Å². The van der Waals surface area contributed by atoms with E-state index in [2.05, 4.69) is 230 Å². The van der Waals surface area contributed by atoms with Gasteiger partial charge >= 0.3 is 0 Å². The van der Waals surface area contributed by atoms with E-state index in [4.69, 9.17) is 9.98 Å². The van der Waals surface area contributed by atoms with Crippen LogP contribution in [0.15, 0.2) is 228 Å². The first-order valence-corrected chi connectivity index (χ1v) is 25.3. The second-order valence-electron chi connectivity index (χ2n) is 19.0. The average molecular weight is 910 g/mol. The normalized spacial score (nSPS) is 15.4. The summed E-state index contributed by atoms with van der Waals surface area (Å²) in [6.45, 7) is 2.31. The van der Waals surface area contributed by atoms with Gasteiger partial charge in [-0.2, -0.15) is 0 Å². The first-order chi connectivity index (χ1) is 34.7. The van der Waals surface area contributed by atoms with E-state index in [0.29, 0.717) is 0 Å². The van der Waals surface area contributed by atoms with Gasteiger partial charge in [-0.3, -0.25) is 4.99 Å². The lowest BCUT2D eigenvalue weighted by Crippen LogP contribution is -2.28. The number of aromatic nitrogens is 1. The minimum atomic E-state index is -0.193. The number of benzene rings is 12. The molecule has 0 N–H and O–H groups in total. The van der Waals surface area contributed by atoms with E-state index in [1.807, 2.05) is 11.3 Å². The summed E-state index contributed by atoms with van der Waals surface area (Å²) in [5.74, 6) is 0.787. The van der Waals surface area contributed by atoms with Crippen molar-refractivity contribution in [3.63, 3.8) is 0 Å². The highest BCUT2D eigenvalue weighted by molar-refractivity contribution is 7.26. The molecular weight excluding hydrogens is 867 g/mol. The number of nitrogens with zero attached hydrogens (tertiary/aromatic N) is 3. The van der Waals surface area contributed by atoms with Crippen LogP contribution in [0, 0.1) is 5.92 Å². The first-order valence-electron chi connectivity index (χ1n) is 24.5. The maximum atomic E-state index is 5.99.